The molecule has 4 aromatic rings. The van der Waals surface area contributed by atoms with Crippen LogP contribution in [-0.2, 0) is 28.0 Å². The third kappa shape index (κ3) is 5.51. The third-order valence-electron chi connectivity index (χ3n) is 6.60. The van der Waals surface area contributed by atoms with Gasteiger partial charge in [-0.05, 0) is 44.5 Å². The summed E-state index contributed by atoms with van der Waals surface area (Å²) in [4.78, 5) is 40.9. The number of rotatable bonds is 7. The molecule has 1 aromatic heterocycles. The Labute approximate surface area is 241 Å². The van der Waals surface area contributed by atoms with Crippen molar-refractivity contribution in [3.63, 3.8) is 0 Å². The van der Waals surface area contributed by atoms with Crippen molar-refractivity contribution < 1.29 is 23.8 Å². The maximum atomic E-state index is 14.4. The summed E-state index contributed by atoms with van der Waals surface area (Å²) in [6, 6.07) is 22.8. The number of alkyl carbamates (subject to hydrolysis) is 1. The van der Waals surface area contributed by atoms with E-state index < -0.39 is 40.2 Å². The van der Waals surface area contributed by atoms with Gasteiger partial charge in [-0.25, -0.2) is 4.79 Å². The molecule has 0 bridgehead atoms. The first-order valence-corrected chi connectivity index (χ1v) is 13.2. The predicted molar refractivity (Wildman–Crippen MR) is 152 cm³/mol. The summed E-state index contributed by atoms with van der Waals surface area (Å²) >= 11 is 6.12. The van der Waals surface area contributed by atoms with E-state index in [2.05, 4.69) is 10.5 Å². The van der Waals surface area contributed by atoms with Crippen molar-refractivity contribution in [1.29, 1.82) is 0 Å². The van der Waals surface area contributed by atoms with Gasteiger partial charge in [-0.3, -0.25) is 14.9 Å². The number of nitrogens with zero attached hydrogens (tertiary/aromatic N) is 3. The van der Waals surface area contributed by atoms with Gasteiger partial charge in [0.05, 0.1) is 23.6 Å². The van der Waals surface area contributed by atoms with Gasteiger partial charge < -0.3 is 19.5 Å². The second-order valence-corrected chi connectivity index (χ2v) is 11.1. The molecule has 1 aliphatic heterocycles. The number of ether oxygens (including phenoxy) is 1. The van der Waals surface area contributed by atoms with Crippen LogP contribution in [-0.4, -0.2) is 27.7 Å². The molecular weight excluding hydrogens is 548 g/mol. The van der Waals surface area contributed by atoms with Crippen LogP contribution in [0.3, 0.4) is 0 Å². The second-order valence-electron chi connectivity index (χ2n) is 10.7. The summed E-state index contributed by atoms with van der Waals surface area (Å²) in [5.41, 5.74) is -0.895. The summed E-state index contributed by atoms with van der Waals surface area (Å²) in [5.74, 6) is -0.686. The van der Waals surface area contributed by atoms with Gasteiger partial charge in [-0.2, -0.15) is 0 Å². The lowest BCUT2D eigenvalue weighted by Crippen LogP contribution is -2.55. The van der Waals surface area contributed by atoms with Crippen molar-refractivity contribution in [2.75, 3.05) is 4.90 Å². The Kier molecular flexibility index (Phi) is 7.27. The number of para-hydroxylation sites is 1. The molecule has 3 aromatic carbocycles. The van der Waals surface area contributed by atoms with Crippen LogP contribution in [0.1, 0.15) is 37.7 Å². The molecule has 0 spiro atoms. The number of carbonyl (C=O) groups is 2. The van der Waals surface area contributed by atoms with E-state index in [9.17, 15) is 19.7 Å². The minimum atomic E-state index is -1.79. The molecule has 5 rings (SSSR count). The van der Waals surface area contributed by atoms with E-state index in [1.54, 1.807) is 68.1 Å². The Morgan fingerprint density at radius 1 is 1.10 bits per heavy atom. The zero-order valence-electron chi connectivity index (χ0n) is 22.6. The number of aromatic nitrogens is 1. The molecule has 1 atom stereocenters. The fourth-order valence-corrected chi connectivity index (χ4v) is 5.14. The normalized spacial score (nSPS) is 16.4. The van der Waals surface area contributed by atoms with E-state index in [0.29, 0.717) is 21.8 Å². The van der Waals surface area contributed by atoms with Crippen LogP contribution in [0.2, 0.25) is 5.02 Å². The minimum absolute atomic E-state index is 0.0419. The van der Waals surface area contributed by atoms with E-state index in [-0.39, 0.29) is 18.0 Å². The highest BCUT2D eigenvalue weighted by Crippen LogP contribution is 2.45. The Hall–Kier alpha value is -4.70. The quantitative estimate of drug-likeness (QED) is 0.199. The first kappa shape index (κ1) is 27.9. The first-order valence-electron chi connectivity index (χ1n) is 12.8. The van der Waals surface area contributed by atoms with Crippen molar-refractivity contribution in [1.82, 2.24) is 10.5 Å². The van der Waals surface area contributed by atoms with Crippen molar-refractivity contribution >= 4 is 35.0 Å². The molecule has 0 unspecified atom stereocenters. The number of nitrogens with one attached hydrogen (secondary N) is 1. The summed E-state index contributed by atoms with van der Waals surface area (Å²) in [5, 5.41) is 19.5. The van der Waals surface area contributed by atoms with Crippen LogP contribution in [0.4, 0.5) is 16.2 Å². The van der Waals surface area contributed by atoms with Gasteiger partial charge in [0.2, 0.25) is 5.76 Å². The molecule has 2 amide bonds. The lowest BCUT2D eigenvalue weighted by molar-refractivity contribution is -0.385. The van der Waals surface area contributed by atoms with Crippen LogP contribution >= 0.6 is 11.6 Å². The highest BCUT2D eigenvalue weighted by Gasteiger charge is 2.54. The Morgan fingerprint density at radius 2 is 1.80 bits per heavy atom. The van der Waals surface area contributed by atoms with Crippen molar-refractivity contribution in [2.45, 2.75) is 44.9 Å². The van der Waals surface area contributed by atoms with E-state index in [1.807, 2.05) is 30.3 Å². The number of fused-ring (bicyclic) bond motifs is 1. The van der Waals surface area contributed by atoms with Gasteiger partial charge in [-0.15, -0.1) is 0 Å². The number of hydrogen-bond acceptors (Lipinski definition) is 7. The number of halogens is 1. The van der Waals surface area contributed by atoms with Gasteiger partial charge in [-0.1, -0.05) is 77.4 Å². The topological polar surface area (TPSA) is 128 Å². The average molecular weight is 575 g/mol. The van der Waals surface area contributed by atoms with Crippen LogP contribution in [0.25, 0.3) is 11.3 Å². The molecule has 0 saturated heterocycles. The van der Waals surface area contributed by atoms with Gasteiger partial charge in [0.1, 0.15) is 5.60 Å². The molecule has 10 nitrogen and oxygen atoms in total. The second kappa shape index (κ2) is 10.7. The molecule has 0 aliphatic carbocycles. The van der Waals surface area contributed by atoms with E-state index in [0.717, 1.165) is 5.56 Å². The largest absolute Gasteiger partial charge is 0.444 e. The first-order chi connectivity index (χ1) is 19.5. The molecule has 11 heteroatoms. The lowest BCUT2D eigenvalue weighted by Gasteiger charge is -2.30. The smallest absolute Gasteiger partial charge is 0.408 e. The van der Waals surface area contributed by atoms with E-state index >= 15 is 0 Å². The monoisotopic (exact) mass is 574 g/mol. The zero-order valence-corrected chi connectivity index (χ0v) is 23.3. The molecule has 210 valence electrons. The number of hydrogen-bond donors (Lipinski definition) is 1. The van der Waals surface area contributed by atoms with E-state index in [4.69, 9.17) is 20.9 Å². The number of amides is 2. The molecule has 1 N–H and O–H groups in total. The number of benzene rings is 3. The Balaban J connectivity index is 1.64. The molecule has 1 aliphatic rings. The average Bonchev–Trinajstić information content (AvgIpc) is 3.42. The highest BCUT2D eigenvalue weighted by molar-refractivity contribution is 6.30. The van der Waals surface area contributed by atoms with Gasteiger partial charge in [0, 0.05) is 16.1 Å². The van der Waals surface area contributed by atoms with E-state index in [1.165, 1.54) is 6.07 Å². The van der Waals surface area contributed by atoms with Crippen molar-refractivity contribution in [3.8, 4) is 11.3 Å². The van der Waals surface area contributed by atoms with Crippen LogP contribution in [0.5, 0.6) is 0 Å². The fourth-order valence-electron chi connectivity index (χ4n) is 4.95. The van der Waals surface area contributed by atoms with Gasteiger partial charge in [0.25, 0.3) is 5.91 Å². The standard InChI is InChI=1S/C30H27ClN4O6/c1-29(2,3)40-28(37)32-30(17-24-26(35(38)39)25(33-41-24)20-12-9-13-21(31)16-20)22-14-7-8-15-23(22)34(27(30)36)18-19-10-5-4-6-11-19/h4-16H,17-18H2,1-3H3,(H,32,37)/t30-/m1/s1. The maximum absolute atomic E-state index is 14.4. The van der Waals surface area contributed by atoms with Crippen molar-refractivity contribution in [2.24, 2.45) is 0 Å². The summed E-state index contributed by atoms with van der Waals surface area (Å²) < 4.78 is 11.1. The number of nitro groups is 1. The van der Waals surface area contributed by atoms with Crippen molar-refractivity contribution in [3.05, 3.63) is 111 Å². The summed E-state index contributed by atoms with van der Waals surface area (Å²) in [7, 11) is 0. The lowest BCUT2D eigenvalue weighted by atomic mass is 9.86. The Bertz CT molecular complexity index is 1630. The van der Waals surface area contributed by atoms with Gasteiger partial charge in [0.15, 0.2) is 11.2 Å². The minimum Gasteiger partial charge on any atom is -0.444 e. The molecule has 0 fully saturated rings. The number of anilines is 1. The molecule has 41 heavy (non-hydrogen) atoms. The number of carbonyl (C=O) groups excluding carboxylic acids is 2. The van der Waals surface area contributed by atoms with Crippen LogP contribution < -0.4 is 10.2 Å². The fraction of sp³-hybridized carbons (Fsp3) is 0.233. The van der Waals surface area contributed by atoms with Crippen LogP contribution in [0.15, 0.2) is 83.4 Å². The predicted octanol–water partition coefficient (Wildman–Crippen LogP) is 6.41. The summed E-state index contributed by atoms with van der Waals surface area (Å²) in [6.07, 6.45) is -1.25. The van der Waals surface area contributed by atoms with Gasteiger partial charge >= 0.3 is 11.8 Å². The maximum Gasteiger partial charge on any atom is 0.408 e. The highest BCUT2D eigenvalue weighted by atomic mass is 35.5. The zero-order chi connectivity index (χ0) is 29.4. The molecule has 0 radical (unpaired) electrons. The third-order valence-corrected chi connectivity index (χ3v) is 6.84. The molecular formula is C30H27ClN4O6. The Morgan fingerprint density at radius 3 is 2.49 bits per heavy atom. The SMILES string of the molecule is CC(C)(C)OC(=O)N[C@@]1(Cc2onc(-c3cccc(Cl)c3)c2[N+](=O)[O-])C(=O)N(Cc2ccccc2)c2ccccc21. The summed E-state index contributed by atoms with van der Waals surface area (Å²) in [6.45, 7) is 5.30. The molecule has 2 heterocycles. The van der Waals surface area contributed by atoms with Crippen LogP contribution in [0, 0.1) is 10.1 Å². The molecule has 0 saturated carbocycles.